The van der Waals surface area contributed by atoms with Gasteiger partial charge in [-0.15, -0.1) is 0 Å². The van der Waals surface area contributed by atoms with Crippen molar-refractivity contribution in [3.63, 3.8) is 0 Å². The molecule has 0 radical (unpaired) electrons. The van der Waals surface area contributed by atoms with Crippen LogP contribution in [0.3, 0.4) is 0 Å². The Hall–Kier alpha value is -2.08. The molecule has 0 spiro atoms. The molecule has 29 heavy (non-hydrogen) atoms. The molecule has 0 atom stereocenters. The summed E-state index contributed by atoms with van der Waals surface area (Å²) in [5, 5.41) is 13.2. The van der Waals surface area contributed by atoms with Crippen molar-refractivity contribution in [2.75, 3.05) is 13.1 Å². The highest BCUT2D eigenvalue weighted by Gasteiger charge is 2.29. The lowest BCUT2D eigenvalue weighted by Gasteiger charge is -2.29. The molecule has 0 aliphatic carbocycles. The summed E-state index contributed by atoms with van der Waals surface area (Å²) in [5.74, 6) is 0.424. The second kappa shape index (κ2) is 9.61. The molecule has 1 heterocycles. The van der Waals surface area contributed by atoms with Crippen molar-refractivity contribution in [2.45, 2.75) is 51.5 Å². The fraction of sp³-hybridized carbons (Fsp3) is 0.435. The van der Waals surface area contributed by atoms with E-state index in [1.807, 2.05) is 12.1 Å². The fourth-order valence-corrected chi connectivity index (χ4v) is 3.46. The minimum absolute atomic E-state index is 0.148. The number of carbonyl (C=O) groups excluding carboxylic acids is 1. The molecule has 156 valence electrons. The first-order chi connectivity index (χ1) is 13.8. The minimum Gasteiger partial charge on any atom is -0.478 e. The smallest absolute Gasteiger partial charge is 0.263 e. The van der Waals surface area contributed by atoms with Crippen LogP contribution in [0.1, 0.15) is 37.8 Å². The Balaban J connectivity index is 1.48. The maximum Gasteiger partial charge on any atom is 0.263 e. The summed E-state index contributed by atoms with van der Waals surface area (Å²) in [6, 6.07) is 15.3. The zero-order valence-corrected chi connectivity index (χ0v) is 17.8. The molecular weight excluding hydrogens is 388 g/mol. The number of ether oxygens (including phenoxy) is 1. The van der Waals surface area contributed by atoms with Crippen molar-refractivity contribution in [1.82, 2.24) is 10.2 Å². The molecule has 2 N–H and O–H groups in total. The Morgan fingerprint density at radius 3 is 2.31 bits per heavy atom. The van der Waals surface area contributed by atoms with Gasteiger partial charge in [-0.3, -0.25) is 9.69 Å². The predicted octanol–water partition coefficient (Wildman–Crippen LogP) is 3.77. The number of hydrogen-bond acceptors (Lipinski definition) is 4. The molecule has 6 heteroatoms. The van der Waals surface area contributed by atoms with Gasteiger partial charge in [-0.05, 0) is 62.1 Å². The summed E-state index contributed by atoms with van der Waals surface area (Å²) in [6.45, 7) is 6.69. The third kappa shape index (κ3) is 6.46. The van der Waals surface area contributed by atoms with Crippen molar-refractivity contribution < 1.29 is 14.6 Å². The van der Waals surface area contributed by atoms with Gasteiger partial charge in [0.05, 0.1) is 6.10 Å². The van der Waals surface area contributed by atoms with Gasteiger partial charge in [0.2, 0.25) is 0 Å². The van der Waals surface area contributed by atoms with Crippen molar-refractivity contribution in [3.8, 4) is 5.75 Å². The van der Waals surface area contributed by atoms with Crippen molar-refractivity contribution in [1.29, 1.82) is 0 Å². The number of likely N-dealkylation sites (tertiary alicyclic amines) is 1. The number of aliphatic hydroxyl groups is 1. The fourth-order valence-electron chi connectivity index (χ4n) is 3.34. The number of carbonyl (C=O) groups is 1. The Morgan fingerprint density at radius 1 is 1.10 bits per heavy atom. The topological polar surface area (TPSA) is 61.8 Å². The Labute approximate surface area is 177 Å². The molecule has 0 bridgehead atoms. The van der Waals surface area contributed by atoms with E-state index in [4.69, 9.17) is 16.3 Å². The number of nitrogens with one attached hydrogen (secondary N) is 1. The van der Waals surface area contributed by atoms with Gasteiger partial charge < -0.3 is 15.2 Å². The molecule has 3 rings (SSSR count). The first kappa shape index (κ1) is 21.6. The number of piperidine rings is 1. The van der Waals surface area contributed by atoms with Crippen LogP contribution >= 0.6 is 11.6 Å². The number of rotatable bonds is 7. The van der Waals surface area contributed by atoms with Crippen LogP contribution in [0, 0.1) is 0 Å². The van der Waals surface area contributed by atoms with E-state index in [9.17, 15) is 9.90 Å². The maximum atomic E-state index is 12.6. The molecular formula is C23H29ClN2O3. The first-order valence-electron chi connectivity index (χ1n) is 10.0. The molecule has 1 aliphatic heterocycles. The monoisotopic (exact) mass is 416 g/mol. The van der Waals surface area contributed by atoms with E-state index in [2.05, 4.69) is 22.3 Å². The normalized spacial score (nSPS) is 15.9. The highest BCUT2D eigenvalue weighted by molar-refractivity contribution is 6.30. The van der Waals surface area contributed by atoms with E-state index >= 15 is 0 Å². The zero-order valence-electron chi connectivity index (χ0n) is 17.0. The minimum atomic E-state index is -0.993. The molecule has 1 amide bonds. The molecule has 2 aromatic carbocycles. The Bertz CT molecular complexity index is 798. The number of hydrogen-bond donors (Lipinski definition) is 2. The predicted molar refractivity (Wildman–Crippen MR) is 115 cm³/mol. The van der Waals surface area contributed by atoms with E-state index in [-0.39, 0.29) is 12.0 Å². The Morgan fingerprint density at radius 2 is 1.69 bits per heavy atom. The third-order valence-electron chi connectivity index (χ3n) is 5.17. The van der Waals surface area contributed by atoms with Crippen LogP contribution in [-0.4, -0.2) is 40.7 Å². The van der Waals surface area contributed by atoms with E-state index in [1.165, 1.54) is 5.56 Å². The van der Waals surface area contributed by atoms with Gasteiger partial charge >= 0.3 is 0 Å². The van der Waals surface area contributed by atoms with Crippen molar-refractivity contribution in [3.05, 3.63) is 64.7 Å². The van der Waals surface area contributed by atoms with E-state index in [0.717, 1.165) is 38.0 Å². The van der Waals surface area contributed by atoms with Crippen LogP contribution in [0.15, 0.2) is 48.5 Å². The van der Waals surface area contributed by atoms with Gasteiger partial charge in [0, 0.05) is 31.2 Å². The molecule has 2 aromatic rings. The summed E-state index contributed by atoms with van der Waals surface area (Å²) in [6.07, 6.45) is 1.54. The lowest BCUT2D eigenvalue weighted by molar-refractivity contribution is -0.134. The number of amides is 1. The second-order valence-corrected chi connectivity index (χ2v) is 8.51. The average Bonchev–Trinajstić information content (AvgIpc) is 2.70. The molecule has 0 unspecified atom stereocenters. The number of nitrogens with zero attached hydrogens (tertiary/aromatic N) is 1. The van der Waals surface area contributed by atoms with Gasteiger partial charge in [-0.2, -0.15) is 0 Å². The SMILES string of the molecule is CC(C)(Oc1ccc(Cl)cc1)C(=O)NCc1ccc(CN2CCC(O)CC2)cc1. The largest absolute Gasteiger partial charge is 0.478 e. The summed E-state index contributed by atoms with van der Waals surface area (Å²) in [4.78, 5) is 14.9. The molecule has 0 saturated carbocycles. The number of halogens is 1. The van der Waals surface area contributed by atoms with Gasteiger partial charge in [-0.25, -0.2) is 0 Å². The summed E-state index contributed by atoms with van der Waals surface area (Å²) < 4.78 is 5.82. The van der Waals surface area contributed by atoms with Crippen LogP contribution < -0.4 is 10.1 Å². The van der Waals surface area contributed by atoms with Crippen LogP contribution in [0.25, 0.3) is 0 Å². The summed E-state index contributed by atoms with van der Waals surface area (Å²) >= 11 is 5.89. The highest BCUT2D eigenvalue weighted by Crippen LogP contribution is 2.21. The average molecular weight is 417 g/mol. The van der Waals surface area contributed by atoms with E-state index < -0.39 is 5.60 Å². The zero-order chi connectivity index (χ0) is 20.9. The lowest BCUT2D eigenvalue weighted by Crippen LogP contribution is -2.46. The van der Waals surface area contributed by atoms with Crippen LogP contribution in [-0.2, 0) is 17.9 Å². The molecule has 5 nitrogen and oxygen atoms in total. The standard InChI is InChI=1S/C23H29ClN2O3/c1-23(2,29-21-9-7-19(24)8-10-21)22(28)25-15-17-3-5-18(6-4-17)16-26-13-11-20(27)12-14-26/h3-10,20,27H,11-16H2,1-2H3,(H,25,28). The van der Waals surface area contributed by atoms with Gasteiger partial charge in [0.1, 0.15) is 5.75 Å². The van der Waals surface area contributed by atoms with Crippen LogP contribution in [0.4, 0.5) is 0 Å². The number of aliphatic hydroxyl groups excluding tert-OH is 1. The summed E-state index contributed by atoms with van der Waals surface area (Å²) in [7, 11) is 0. The molecule has 1 fully saturated rings. The first-order valence-corrected chi connectivity index (χ1v) is 10.4. The lowest BCUT2D eigenvalue weighted by atomic mass is 10.1. The molecule has 0 aromatic heterocycles. The maximum absolute atomic E-state index is 12.6. The second-order valence-electron chi connectivity index (χ2n) is 8.07. The van der Waals surface area contributed by atoms with E-state index in [1.54, 1.807) is 38.1 Å². The van der Waals surface area contributed by atoms with Gasteiger partial charge in [0.25, 0.3) is 5.91 Å². The summed E-state index contributed by atoms with van der Waals surface area (Å²) in [5.41, 5.74) is 1.29. The Kier molecular flexibility index (Phi) is 7.17. The van der Waals surface area contributed by atoms with Gasteiger partial charge in [-0.1, -0.05) is 35.9 Å². The van der Waals surface area contributed by atoms with Crippen LogP contribution in [0.5, 0.6) is 5.75 Å². The van der Waals surface area contributed by atoms with Crippen molar-refractivity contribution >= 4 is 17.5 Å². The van der Waals surface area contributed by atoms with Gasteiger partial charge in [0.15, 0.2) is 5.60 Å². The highest BCUT2D eigenvalue weighted by atomic mass is 35.5. The number of benzene rings is 2. The van der Waals surface area contributed by atoms with Crippen LogP contribution in [0.2, 0.25) is 5.02 Å². The third-order valence-corrected chi connectivity index (χ3v) is 5.42. The van der Waals surface area contributed by atoms with Crippen molar-refractivity contribution in [2.24, 2.45) is 0 Å². The quantitative estimate of drug-likeness (QED) is 0.721. The molecule has 1 aliphatic rings. The molecule has 1 saturated heterocycles. The van der Waals surface area contributed by atoms with E-state index in [0.29, 0.717) is 17.3 Å².